The lowest BCUT2D eigenvalue weighted by molar-refractivity contribution is -0.917. The molecule has 1 N–H and O–H groups in total. The van der Waals surface area contributed by atoms with Gasteiger partial charge in [0.25, 0.3) is 0 Å². The number of halogens is 1. The van der Waals surface area contributed by atoms with E-state index in [4.69, 9.17) is 0 Å². The summed E-state index contributed by atoms with van der Waals surface area (Å²) in [5, 5.41) is 0. The second-order valence-electron chi connectivity index (χ2n) is 4.72. The molecule has 4 nitrogen and oxygen atoms in total. The van der Waals surface area contributed by atoms with Crippen molar-refractivity contribution in [2.75, 3.05) is 32.4 Å². The van der Waals surface area contributed by atoms with Crippen molar-refractivity contribution in [3.05, 3.63) is 35.6 Å². The average Bonchev–Trinajstić information content (AvgIpc) is 2.32. The summed E-state index contributed by atoms with van der Waals surface area (Å²) in [4.78, 5) is 1.33. The Balaban J connectivity index is 1.89. The number of benzene rings is 1. The highest BCUT2D eigenvalue weighted by atomic mass is 32.2. The van der Waals surface area contributed by atoms with Crippen LogP contribution < -0.4 is 4.90 Å². The molecule has 2 rings (SSSR count). The van der Waals surface area contributed by atoms with Gasteiger partial charge in [-0.05, 0) is 12.1 Å². The van der Waals surface area contributed by atoms with Gasteiger partial charge in [0.15, 0.2) is 0 Å². The Morgan fingerprint density at radius 2 is 1.78 bits per heavy atom. The number of hydrogen-bond acceptors (Lipinski definition) is 2. The third kappa shape index (κ3) is 3.51. The molecular formula is C12H18FN2O2S+. The van der Waals surface area contributed by atoms with Crippen molar-refractivity contribution >= 4 is 10.0 Å². The van der Waals surface area contributed by atoms with E-state index in [0.717, 1.165) is 25.2 Å². The van der Waals surface area contributed by atoms with Crippen LogP contribution in [0.25, 0.3) is 0 Å². The lowest BCUT2D eigenvalue weighted by Crippen LogP contribution is -3.13. The number of rotatable bonds is 3. The number of quaternary nitrogens is 1. The first-order valence-electron chi connectivity index (χ1n) is 5.98. The van der Waals surface area contributed by atoms with E-state index in [-0.39, 0.29) is 5.82 Å². The van der Waals surface area contributed by atoms with Crippen LogP contribution in [-0.2, 0) is 16.6 Å². The predicted octanol–water partition coefficient (Wildman–Crippen LogP) is -0.514. The van der Waals surface area contributed by atoms with Gasteiger partial charge in [0.05, 0.1) is 32.4 Å². The molecule has 0 saturated carbocycles. The van der Waals surface area contributed by atoms with Crippen LogP contribution in [0.1, 0.15) is 5.56 Å². The lowest BCUT2D eigenvalue weighted by Gasteiger charge is -2.30. The summed E-state index contributed by atoms with van der Waals surface area (Å²) in [5.41, 5.74) is 1.08. The lowest BCUT2D eigenvalue weighted by atomic mass is 10.2. The first kappa shape index (κ1) is 13.5. The van der Waals surface area contributed by atoms with E-state index in [0.29, 0.717) is 13.1 Å². The van der Waals surface area contributed by atoms with Gasteiger partial charge in [-0.25, -0.2) is 12.8 Å². The first-order chi connectivity index (χ1) is 8.45. The summed E-state index contributed by atoms with van der Waals surface area (Å²) >= 11 is 0. The molecule has 0 atom stereocenters. The minimum absolute atomic E-state index is 0.226. The van der Waals surface area contributed by atoms with Crippen LogP contribution in [0.15, 0.2) is 24.3 Å². The fraction of sp³-hybridized carbons (Fsp3) is 0.500. The van der Waals surface area contributed by atoms with E-state index in [1.54, 1.807) is 12.1 Å². The topological polar surface area (TPSA) is 41.8 Å². The number of nitrogens with one attached hydrogen (secondary N) is 1. The van der Waals surface area contributed by atoms with Crippen molar-refractivity contribution < 1.29 is 17.7 Å². The summed E-state index contributed by atoms with van der Waals surface area (Å²) in [6, 6.07) is 6.49. The largest absolute Gasteiger partial charge is 0.329 e. The van der Waals surface area contributed by atoms with Crippen molar-refractivity contribution in [3.63, 3.8) is 0 Å². The molecule has 0 spiro atoms. The van der Waals surface area contributed by atoms with Crippen molar-refractivity contribution in [1.29, 1.82) is 0 Å². The molecule has 1 aromatic rings. The van der Waals surface area contributed by atoms with Gasteiger partial charge in [0.1, 0.15) is 12.4 Å². The van der Waals surface area contributed by atoms with Gasteiger partial charge in [0.2, 0.25) is 10.0 Å². The highest BCUT2D eigenvalue weighted by Crippen LogP contribution is 2.02. The van der Waals surface area contributed by atoms with Crippen LogP contribution in [0.2, 0.25) is 0 Å². The molecule has 0 amide bonds. The molecule has 1 fully saturated rings. The van der Waals surface area contributed by atoms with Crippen LogP contribution in [0, 0.1) is 5.82 Å². The number of sulfonamides is 1. The van der Waals surface area contributed by atoms with Gasteiger partial charge in [-0.15, -0.1) is 0 Å². The zero-order chi connectivity index (χ0) is 13.2. The summed E-state index contributed by atoms with van der Waals surface area (Å²) in [5.74, 6) is -0.226. The predicted molar refractivity (Wildman–Crippen MR) is 67.2 cm³/mol. The van der Waals surface area contributed by atoms with Crippen molar-refractivity contribution in [1.82, 2.24) is 4.31 Å². The molecule has 1 heterocycles. The van der Waals surface area contributed by atoms with E-state index in [2.05, 4.69) is 0 Å². The molecule has 0 aromatic heterocycles. The molecule has 6 heteroatoms. The zero-order valence-electron chi connectivity index (χ0n) is 10.4. The Bertz CT molecular complexity index is 493. The van der Waals surface area contributed by atoms with Gasteiger partial charge < -0.3 is 4.90 Å². The van der Waals surface area contributed by atoms with Crippen molar-refractivity contribution in [2.24, 2.45) is 0 Å². The van der Waals surface area contributed by atoms with Gasteiger partial charge in [0, 0.05) is 5.56 Å². The molecule has 0 unspecified atom stereocenters. The highest BCUT2D eigenvalue weighted by Gasteiger charge is 2.25. The molecule has 1 aliphatic rings. The Kier molecular flexibility index (Phi) is 3.99. The SMILES string of the molecule is CS(=O)(=O)N1CC[NH+](Cc2ccc(F)cc2)CC1. The van der Waals surface area contributed by atoms with Crippen LogP contribution in [0.3, 0.4) is 0 Å². The molecular weight excluding hydrogens is 255 g/mol. The van der Waals surface area contributed by atoms with Gasteiger partial charge in [-0.2, -0.15) is 4.31 Å². The van der Waals surface area contributed by atoms with Crippen molar-refractivity contribution in [3.8, 4) is 0 Å². The number of nitrogens with zero attached hydrogens (tertiary/aromatic N) is 1. The smallest absolute Gasteiger partial charge is 0.211 e. The molecule has 1 aliphatic heterocycles. The summed E-state index contributed by atoms with van der Waals surface area (Å²) in [6.45, 7) is 3.54. The van der Waals surface area contributed by atoms with E-state index < -0.39 is 10.0 Å². The number of hydrogen-bond donors (Lipinski definition) is 1. The second-order valence-corrected chi connectivity index (χ2v) is 6.70. The quantitative estimate of drug-likeness (QED) is 0.806. The Labute approximate surface area is 107 Å². The zero-order valence-corrected chi connectivity index (χ0v) is 11.2. The van der Waals surface area contributed by atoms with E-state index in [1.165, 1.54) is 27.6 Å². The normalized spacial score (nSPS) is 19.0. The van der Waals surface area contributed by atoms with Gasteiger partial charge >= 0.3 is 0 Å². The summed E-state index contributed by atoms with van der Waals surface area (Å²) in [6.07, 6.45) is 1.25. The van der Waals surface area contributed by atoms with Crippen LogP contribution in [0.4, 0.5) is 4.39 Å². The highest BCUT2D eigenvalue weighted by molar-refractivity contribution is 7.88. The van der Waals surface area contributed by atoms with Crippen LogP contribution in [0.5, 0.6) is 0 Å². The van der Waals surface area contributed by atoms with Crippen LogP contribution >= 0.6 is 0 Å². The van der Waals surface area contributed by atoms with Crippen molar-refractivity contribution in [2.45, 2.75) is 6.54 Å². The summed E-state index contributed by atoms with van der Waals surface area (Å²) < 4.78 is 37.0. The maximum Gasteiger partial charge on any atom is 0.211 e. The maximum atomic E-state index is 12.8. The standard InChI is InChI=1S/C12H17FN2O2S/c1-18(16,17)15-8-6-14(7-9-15)10-11-2-4-12(13)5-3-11/h2-5H,6-10H2,1H3/p+1. The molecule has 0 aliphatic carbocycles. The number of piperazine rings is 1. The first-order valence-corrected chi connectivity index (χ1v) is 7.83. The second kappa shape index (κ2) is 5.34. The fourth-order valence-corrected chi connectivity index (χ4v) is 3.05. The minimum atomic E-state index is -3.06. The van der Waals surface area contributed by atoms with Gasteiger partial charge in [-0.1, -0.05) is 12.1 Å². The van der Waals surface area contributed by atoms with E-state index in [1.807, 2.05) is 0 Å². The monoisotopic (exact) mass is 273 g/mol. The molecule has 100 valence electrons. The Morgan fingerprint density at radius 1 is 1.22 bits per heavy atom. The molecule has 1 saturated heterocycles. The Hall–Kier alpha value is -0.980. The fourth-order valence-electron chi connectivity index (χ4n) is 2.20. The third-order valence-electron chi connectivity index (χ3n) is 3.27. The van der Waals surface area contributed by atoms with Gasteiger partial charge in [-0.3, -0.25) is 0 Å². The summed E-state index contributed by atoms with van der Waals surface area (Å²) in [7, 11) is -3.06. The maximum absolute atomic E-state index is 12.8. The molecule has 0 bridgehead atoms. The van der Waals surface area contributed by atoms with Crippen LogP contribution in [-0.4, -0.2) is 45.2 Å². The molecule has 18 heavy (non-hydrogen) atoms. The molecule has 0 radical (unpaired) electrons. The third-order valence-corrected chi connectivity index (χ3v) is 4.57. The average molecular weight is 273 g/mol. The Morgan fingerprint density at radius 3 is 2.28 bits per heavy atom. The van der Waals surface area contributed by atoms with E-state index in [9.17, 15) is 12.8 Å². The minimum Gasteiger partial charge on any atom is -0.329 e. The molecule has 1 aromatic carbocycles. The van der Waals surface area contributed by atoms with E-state index >= 15 is 0 Å².